The van der Waals surface area contributed by atoms with Gasteiger partial charge in [-0.05, 0) is 73.6 Å². The van der Waals surface area contributed by atoms with Crippen LogP contribution in [-0.4, -0.2) is 41.4 Å². The van der Waals surface area contributed by atoms with Crippen LogP contribution < -0.4 is 10.2 Å². The van der Waals surface area contributed by atoms with Crippen LogP contribution in [0.3, 0.4) is 0 Å². The Morgan fingerprint density at radius 1 is 1.17 bits per heavy atom. The molecule has 0 radical (unpaired) electrons. The lowest BCUT2D eigenvalue weighted by Crippen LogP contribution is -2.20. The van der Waals surface area contributed by atoms with Gasteiger partial charge in [0.1, 0.15) is 5.65 Å². The third-order valence-corrected chi connectivity index (χ3v) is 6.32. The number of alkyl halides is 3. The Morgan fingerprint density at radius 3 is 2.78 bits per heavy atom. The number of anilines is 2. The fraction of sp³-hybridized carbons (Fsp3) is 0.259. The van der Waals surface area contributed by atoms with Crippen molar-refractivity contribution in [2.75, 3.05) is 30.9 Å². The molecule has 2 aromatic carbocycles. The standard InChI is InChI=1S/C27H26F3N5O/c1-34(2)16-20-14-32-25-23(20)10-17(13-31-25)15-35-9-8-18-6-7-19(11-24(18)35)26(36)33-22-5-3-4-21(12-22)27(28,29)30/h3-7,10-14H,8-9,15-16H2,1-2H3,(H,31,32)(H,33,36). The van der Waals surface area contributed by atoms with E-state index < -0.39 is 17.6 Å². The predicted octanol–water partition coefficient (Wildman–Crippen LogP) is 5.46. The van der Waals surface area contributed by atoms with Gasteiger partial charge in [-0.15, -0.1) is 0 Å². The number of aromatic amines is 1. The number of amides is 1. The van der Waals surface area contributed by atoms with Crippen LogP contribution in [0.4, 0.5) is 24.5 Å². The summed E-state index contributed by atoms with van der Waals surface area (Å²) in [5.74, 6) is -0.451. The van der Waals surface area contributed by atoms with Crippen LogP contribution in [0.5, 0.6) is 0 Å². The van der Waals surface area contributed by atoms with Crippen LogP contribution in [0.15, 0.2) is 60.9 Å². The number of H-pyrrole nitrogens is 1. The second-order valence-corrected chi connectivity index (χ2v) is 9.34. The molecule has 0 atom stereocenters. The van der Waals surface area contributed by atoms with Crippen molar-refractivity contribution < 1.29 is 18.0 Å². The highest BCUT2D eigenvalue weighted by Gasteiger charge is 2.30. The lowest BCUT2D eigenvalue weighted by molar-refractivity contribution is -0.137. The number of carbonyl (C=O) groups is 1. The number of hydrogen-bond acceptors (Lipinski definition) is 4. The highest BCUT2D eigenvalue weighted by atomic mass is 19.4. The van der Waals surface area contributed by atoms with Crippen molar-refractivity contribution in [2.24, 2.45) is 0 Å². The summed E-state index contributed by atoms with van der Waals surface area (Å²) >= 11 is 0. The number of pyridine rings is 1. The van der Waals surface area contributed by atoms with Gasteiger partial charge in [0.2, 0.25) is 0 Å². The number of aromatic nitrogens is 2. The summed E-state index contributed by atoms with van der Waals surface area (Å²) in [5, 5.41) is 3.68. The number of benzene rings is 2. The van der Waals surface area contributed by atoms with Crippen LogP contribution in [0.25, 0.3) is 11.0 Å². The molecular formula is C27H26F3N5O. The Labute approximate surface area is 206 Å². The maximum atomic E-state index is 13.0. The van der Waals surface area contributed by atoms with E-state index >= 15 is 0 Å². The molecule has 3 heterocycles. The van der Waals surface area contributed by atoms with E-state index in [4.69, 9.17) is 0 Å². The van der Waals surface area contributed by atoms with Crippen molar-refractivity contribution in [3.05, 3.63) is 88.7 Å². The lowest BCUT2D eigenvalue weighted by Gasteiger charge is -2.20. The van der Waals surface area contributed by atoms with E-state index in [-0.39, 0.29) is 5.69 Å². The van der Waals surface area contributed by atoms with E-state index in [1.54, 1.807) is 6.07 Å². The monoisotopic (exact) mass is 493 g/mol. The minimum Gasteiger partial charge on any atom is -0.367 e. The van der Waals surface area contributed by atoms with Gasteiger partial charge in [-0.3, -0.25) is 4.79 Å². The molecule has 0 spiro atoms. The molecule has 0 saturated heterocycles. The summed E-state index contributed by atoms with van der Waals surface area (Å²) in [4.78, 5) is 25.0. The highest BCUT2D eigenvalue weighted by Crippen LogP contribution is 2.33. The smallest absolute Gasteiger partial charge is 0.367 e. The van der Waals surface area contributed by atoms with Crippen molar-refractivity contribution >= 4 is 28.3 Å². The molecule has 36 heavy (non-hydrogen) atoms. The van der Waals surface area contributed by atoms with Gasteiger partial charge in [0.25, 0.3) is 5.91 Å². The number of rotatable bonds is 6. The summed E-state index contributed by atoms with van der Waals surface area (Å²) in [6.45, 7) is 2.26. The molecule has 2 N–H and O–H groups in total. The molecule has 0 aliphatic carbocycles. The molecule has 1 aliphatic heterocycles. The molecule has 2 aromatic heterocycles. The minimum absolute atomic E-state index is 0.103. The number of nitrogens with one attached hydrogen (secondary N) is 2. The lowest BCUT2D eigenvalue weighted by atomic mass is 10.1. The zero-order chi connectivity index (χ0) is 25.4. The molecule has 9 heteroatoms. The van der Waals surface area contributed by atoms with Gasteiger partial charge in [-0.1, -0.05) is 12.1 Å². The first-order valence-corrected chi connectivity index (χ1v) is 11.6. The predicted molar refractivity (Wildman–Crippen MR) is 134 cm³/mol. The maximum Gasteiger partial charge on any atom is 0.416 e. The van der Waals surface area contributed by atoms with E-state index in [9.17, 15) is 18.0 Å². The van der Waals surface area contributed by atoms with Gasteiger partial charge in [-0.25, -0.2) is 4.98 Å². The highest BCUT2D eigenvalue weighted by molar-refractivity contribution is 6.05. The van der Waals surface area contributed by atoms with Gasteiger partial charge in [0.15, 0.2) is 0 Å². The van der Waals surface area contributed by atoms with E-state index in [0.717, 1.165) is 59.5 Å². The normalized spacial score (nSPS) is 13.4. The van der Waals surface area contributed by atoms with Crippen LogP contribution in [0.2, 0.25) is 0 Å². The molecule has 0 bridgehead atoms. The first-order chi connectivity index (χ1) is 17.2. The minimum atomic E-state index is -4.47. The largest absolute Gasteiger partial charge is 0.416 e. The third-order valence-electron chi connectivity index (χ3n) is 6.32. The molecule has 0 saturated carbocycles. The Bertz CT molecular complexity index is 1430. The summed E-state index contributed by atoms with van der Waals surface area (Å²) < 4.78 is 39.1. The molecule has 1 amide bonds. The van der Waals surface area contributed by atoms with E-state index in [1.165, 1.54) is 17.7 Å². The van der Waals surface area contributed by atoms with Crippen LogP contribution in [0.1, 0.15) is 32.6 Å². The third kappa shape index (κ3) is 4.92. The van der Waals surface area contributed by atoms with Crippen molar-refractivity contribution in [3.8, 4) is 0 Å². The molecule has 0 fully saturated rings. The molecule has 0 unspecified atom stereocenters. The summed E-state index contributed by atoms with van der Waals surface area (Å²) in [7, 11) is 4.05. The van der Waals surface area contributed by atoms with E-state index in [1.807, 2.05) is 38.6 Å². The van der Waals surface area contributed by atoms with E-state index in [2.05, 4.69) is 31.2 Å². The Hall–Kier alpha value is -3.85. The summed E-state index contributed by atoms with van der Waals surface area (Å²) in [6.07, 6.45) is 0.235. The van der Waals surface area contributed by atoms with Crippen molar-refractivity contribution in [1.82, 2.24) is 14.9 Å². The second-order valence-electron chi connectivity index (χ2n) is 9.34. The number of nitrogens with zero attached hydrogens (tertiary/aromatic N) is 3. The van der Waals surface area contributed by atoms with Crippen LogP contribution in [-0.2, 0) is 25.7 Å². The quantitative estimate of drug-likeness (QED) is 0.375. The number of hydrogen-bond donors (Lipinski definition) is 2. The van der Waals surface area contributed by atoms with Crippen LogP contribution >= 0.6 is 0 Å². The van der Waals surface area contributed by atoms with Gasteiger partial charge in [0, 0.05) is 54.4 Å². The number of carbonyl (C=O) groups excluding carboxylic acids is 1. The fourth-order valence-corrected chi connectivity index (χ4v) is 4.61. The Balaban J connectivity index is 1.35. The average molecular weight is 494 g/mol. The van der Waals surface area contributed by atoms with Gasteiger partial charge < -0.3 is 20.1 Å². The fourth-order valence-electron chi connectivity index (χ4n) is 4.61. The van der Waals surface area contributed by atoms with E-state index in [0.29, 0.717) is 12.1 Å². The van der Waals surface area contributed by atoms with Gasteiger partial charge in [0.05, 0.1) is 5.56 Å². The van der Waals surface area contributed by atoms with Gasteiger partial charge in [-0.2, -0.15) is 13.2 Å². The zero-order valence-corrected chi connectivity index (χ0v) is 20.0. The van der Waals surface area contributed by atoms with Crippen molar-refractivity contribution in [2.45, 2.75) is 25.7 Å². The molecule has 5 rings (SSSR count). The van der Waals surface area contributed by atoms with Crippen molar-refractivity contribution in [3.63, 3.8) is 0 Å². The number of fused-ring (bicyclic) bond motifs is 2. The first-order valence-electron chi connectivity index (χ1n) is 11.6. The molecule has 4 aromatic rings. The zero-order valence-electron chi connectivity index (χ0n) is 20.0. The molecule has 186 valence electrons. The summed E-state index contributed by atoms with van der Waals surface area (Å²) in [6, 6.07) is 12.2. The molecule has 1 aliphatic rings. The first kappa shape index (κ1) is 23.9. The second kappa shape index (κ2) is 9.31. The topological polar surface area (TPSA) is 64.3 Å². The molecule has 6 nitrogen and oxygen atoms in total. The Kier molecular flexibility index (Phi) is 6.17. The molecular weight excluding hydrogens is 467 g/mol. The van der Waals surface area contributed by atoms with Gasteiger partial charge >= 0.3 is 6.18 Å². The van der Waals surface area contributed by atoms with Crippen molar-refractivity contribution in [1.29, 1.82) is 0 Å². The Morgan fingerprint density at radius 2 is 2.00 bits per heavy atom. The average Bonchev–Trinajstić information content (AvgIpc) is 3.42. The SMILES string of the molecule is CN(C)Cc1c[nH]c2ncc(CN3CCc4ccc(C(=O)Nc5cccc(C(F)(F)F)c5)cc43)cc12. The maximum absolute atomic E-state index is 13.0. The number of halogens is 3. The summed E-state index contributed by atoms with van der Waals surface area (Å²) in [5.41, 5.74) is 4.88. The van der Waals surface area contributed by atoms with Crippen LogP contribution in [0, 0.1) is 0 Å².